The van der Waals surface area contributed by atoms with Gasteiger partial charge in [-0.15, -0.1) is 0 Å². The first-order valence-electron chi connectivity index (χ1n) is 5.91. The van der Waals surface area contributed by atoms with E-state index in [1.165, 1.54) is 0 Å². The Morgan fingerprint density at radius 2 is 2.18 bits per heavy atom. The Bertz CT molecular complexity index is 391. The van der Waals surface area contributed by atoms with Gasteiger partial charge in [0, 0.05) is 30.1 Å². The summed E-state index contributed by atoms with van der Waals surface area (Å²) in [6.07, 6.45) is 0.500. The van der Waals surface area contributed by atoms with Crippen LogP contribution in [0.2, 0.25) is 0 Å². The van der Waals surface area contributed by atoms with Gasteiger partial charge in [-0.1, -0.05) is 28.1 Å². The topological polar surface area (TPSA) is 32.3 Å². The number of carbonyl (C=O) groups excluding carboxylic acids is 1. The number of nitrogens with zero attached hydrogens (tertiary/aromatic N) is 1. The largest absolute Gasteiger partial charge is 0.340 e. The maximum absolute atomic E-state index is 12.1. The molecule has 1 amide bonds. The van der Waals surface area contributed by atoms with Gasteiger partial charge in [0.05, 0.1) is 6.42 Å². The van der Waals surface area contributed by atoms with Crippen molar-refractivity contribution in [3.05, 3.63) is 34.3 Å². The Morgan fingerprint density at radius 3 is 2.82 bits per heavy atom. The van der Waals surface area contributed by atoms with Crippen molar-refractivity contribution in [2.75, 3.05) is 19.6 Å². The van der Waals surface area contributed by atoms with Crippen molar-refractivity contribution in [3.63, 3.8) is 0 Å². The zero-order chi connectivity index (χ0) is 12.3. The van der Waals surface area contributed by atoms with Crippen molar-refractivity contribution in [2.45, 2.75) is 19.4 Å². The summed E-state index contributed by atoms with van der Waals surface area (Å²) in [6, 6.07) is 8.34. The van der Waals surface area contributed by atoms with Crippen molar-refractivity contribution < 1.29 is 4.79 Å². The van der Waals surface area contributed by atoms with Gasteiger partial charge in [-0.3, -0.25) is 4.79 Å². The van der Waals surface area contributed by atoms with Crippen LogP contribution >= 0.6 is 15.9 Å². The standard InChI is InChI=1S/C13H17BrN2O/c1-10-9-16(7-6-15-10)13(17)8-11-2-4-12(14)5-3-11/h2-5,10,15H,6-9H2,1H3/t10-/m0/s1. The third-order valence-corrected chi connectivity index (χ3v) is 3.52. The molecule has 1 fully saturated rings. The number of hydrogen-bond donors (Lipinski definition) is 1. The molecule has 1 heterocycles. The minimum absolute atomic E-state index is 0.223. The smallest absolute Gasteiger partial charge is 0.227 e. The van der Waals surface area contributed by atoms with Crippen LogP contribution in [0, 0.1) is 0 Å². The van der Waals surface area contributed by atoms with Gasteiger partial charge in [-0.05, 0) is 24.6 Å². The predicted octanol–water partition coefficient (Wildman–Crippen LogP) is 1.81. The predicted molar refractivity (Wildman–Crippen MR) is 71.9 cm³/mol. The second-order valence-corrected chi connectivity index (χ2v) is 5.41. The molecule has 1 saturated heterocycles. The van der Waals surface area contributed by atoms with Crippen molar-refractivity contribution in [1.82, 2.24) is 10.2 Å². The van der Waals surface area contributed by atoms with E-state index < -0.39 is 0 Å². The normalized spacial score (nSPS) is 20.4. The number of carbonyl (C=O) groups is 1. The minimum atomic E-state index is 0.223. The van der Waals surface area contributed by atoms with Gasteiger partial charge >= 0.3 is 0 Å². The highest BCUT2D eigenvalue weighted by atomic mass is 79.9. The first kappa shape index (κ1) is 12.6. The Labute approximate surface area is 110 Å². The zero-order valence-corrected chi connectivity index (χ0v) is 11.5. The molecule has 1 aliphatic rings. The molecule has 1 atom stereocenters. The number of nitrogens with one attached hydrogen (secondary N) is 1. The first-order chi connectivity index (χ1) is 8.15. The lowest BCUT2D eigenvalue weighted by atomic mass is 10.1. The zero-order valence-electron chi connectivity index (χ0n) is 9.95. The van der Waals surface area contributed by atoms with Crippen LogP contribution in [0.4, 0.5) is 0 Å². The quantitative estimate of drug-likeness (QED) is 0.903. The summed E-state index contributed by atoms with van der Waals surface area (Å²) in [5.74, 6) is 0.223. The molecule has 4 heteroatoms. The lowest BCUT2D eigenvalue weighted by Gasteiger charge is -2.32. The fourth-order valence-electron chi connectivity index (χ4n) is 2.05. The number of amides is 1. The van der Waals surface area contributed by atoms with Crippen LogP contribution in [0.25, 0.3) is 0 Å². The van der Waals surface area contributed by atoms with Gasteiger partial charge in [-0.2, -0.15) is 0 Å². The second kappa shape index (κ2) is 5.65. The van der Waals surface area contributed by atoms with Gasteiger partial charge < -0.3 is 10.2 Å². The van der Waals surface area contributed by atoms with E-state index in [2.05, 4.69) is 28.2 Å². The molecule has 1 aromatic rings. The van der Waals surface area contributed by atoms with E-state index in [1.807, 2.05) is 29.2 Å². The highest BCUT2D eigenvalue weighted by Crippen LogP contribution is 2.12. The first-order valence-corrected chi connectivity index (χ1v) is 6.70. The van der Waals surface area contributed by atoms with E-state index in [0.717, 1.165) is 29.7 Å². The van der Waals surface area contributed by atoms with Gasteiger partial charge in [0.25, 0.3) is 0 Å². The Balaban J connectivity index is 1.94. The molecule has 1 N–H and O–H groups in total. The van der Waals surface area contributed by atoms with E-state index in [9.17, 15) is 4.79 Å². The summed E-state index contributed by atoms with van der Waals surface area (Å²) >= 11 is 3.39. The van der Waals surface area contributed by atoms with Crippen molar-refractivity contribution in [1.29, 1.82) is 0 Å². The molecule has 3 nitrogen and oxygen atoms in total. The van der Waals surface area contributed by atoms with Crippen LogP contribution in [0.5, 0.6) is 0 Å². The summed E-state index contributed by atoms with van der Waals surface area (Å²) in [5.41, 5.74) is 1.07. The van der Waals surface area contributed by atoms with E-state index in [4.69, 9.17) is 0 Å². The van der Waals surface area contributed by atoms with Crippen LogP contribution < -0.4 is 5.32 Å². The molecule has 0 radical (unpaired) electrons. The molecule has 1 aromatic carbocycles. The van der Waals surface area contributed by atoms with Crippen LogP contribution in [0.1, 0.15) is 12.5 Å². The molecule has 92 valence electrons. The maximum atomic E-state index is 12.1. The number of halogens is 1. The lowest BCUT2D eigenvalue weighted by Crippen LogP contribution is -2.51. The summed E-state index contributed by atoms with van der Waals surface area (Å²) < 4.78 is 1.05. The summed E-state index contributed by atoms with van der Waals surface area (Å²) in [7, 11) is 0. The van der Waals surface area contributed by atoms with E-state index in [1.54, 1.807) is 0 Å². The SMILES string of the molecule is C[C@H]1CN(C(=O)Cc2ccc(Br)cc2)CCN1. The fourth-order valence-corrected chi connectivity index (χ4v) is 2.31. The average Bonchev–Trinajstić information content (AvgIpc) is 2.32. The van der Waals surface area contributed by atoms with E-state index in [-0.39, 0.29) is 5.91 Å². The van der Waals surface area contributed by atoms with Gasteiger partial charge in [-0.25, -0.2) is 0 Å². The van der Waals surface area contributed by atoms with Crippen LogP contribution in [0.3, 0.4) is 0 Å². The Kier molecular flexibility index (Phi) is 4.18. The molecule has 0 unspecified atom stereocenters. The number of rotatable bonds is 2. The van der Waals surface area contributed by atoms with Crippen LogP contribution in [-0.4, -0.2) is 36.5 Å². The molecule has 0 saturated carbocycles. The molecule has 1 aliphatic heterocycles. The van der Waals surface area contributed by atoms with Gasteiger partial charge in [0.15, 0.2) is 0 Å². The average molecular weight is 297 g/mol. The lowest BCUT2D eigenvalue weighted by molar-refractivity contribution is -0.131. The van der Waals surface area contributed by atoms with E-state index >= 15 is 0 Å². The Morgan fingerprint density at radius 1 is 1.47 bits per heavy atom. The van der Waals surface area contributed by atoms with Crippen molar-refractivity contribution >= 4 is 21.8 Å². The summed E-state index contributed by atoms with van der Waals surface area (Å²) in [6.45, 7) is 4.64. The minimum Gasteiger partial charge on any atom is -0.340 e. The van der Waals surface area contributed by atoms with Crippen LogP contribution in [0.15, 0.2) is 28.7 Å². The number of hydrogen-bond acceptors (Lipinski definition) is 2. The second-order valence-electron chi connectivity index (χ2n) is 4.50. The molecular weight excluding hydrogens is 280 g/mol. The fraction of sp³-hybridized carbons (Fsp3) is 0.462. The van der Waals surface area contributed by atoms with E-state index in [0.29, 0.717) is 12.5 Å². The molecular formula is C13H17BrN2O. The van der Waals surface area contributed by atoms with Gasteiger partial charge in [0.2, 0.25) is 5.91 Å². The summed E-state index contributed by atoms with van der Waals surface area (Å²) in [4.78, 5) is 14.0. The highest BCUT2D eigenvalue weighted by Gasteiger charge is 2.20. The third kappa shape index (κ3) is 3.54. The Hall–Kier alpha value is -0.870. The van der Waals surface area contributed by atoms with Gasteiger partial charge in [0.1, 0.15) is 0 Å². The van der Waals surface area contributed by atoms with Crippen molar-refractivity contribution in [3.8, 4) is 0 Å². The van der Waals surface area contributed by atoms with Crippen LogP contribution in [-0.2, 0) is 11.2 Å². The third-order valence-electron chi connectivity index (χ3n) is 2.99. The highest BCUT2D eigenvalue weighted by molar-refractivity contribution is 9.10. The number of piperazine rings is 1. The molecule has 0 spiro atoms. The molecule has 17 heavy (non-hydrogen) atoms. The molecule has 0 bridgehead atoms. The number of benzene rings is 1. The summed E-state index contributed by atoms with van der Waals surface area (Å²) in [5, 5.41) is 3.34. The monoisotopic (exact) mass is 296 g/mol. The maximum Gasteiger partial charge on any atom is 0.227 e. The molecule has 0 aromatic heterocycles. The molecule has 0 aliphatic carbocycles. The molecule has 2 rings (SSSR count). The van der Waals surface area contributed by atoms with Crippen molar-refractivity contribution in [2.24, 2.45) is 0 Å².